The molecule has 3 aliphatic heterocycles. The van der Waals surface area contributed by atoms with Crippen LogP contribution in [0, 0.1) is 12.3 Å². The molecule has 9 heterocycles. The van der Waals surface area contributed by atoms with Crippen molar-refractivity contribution in [1.29, 1.82) is 0 Å². The van der Waals surface area contributed by atoms with Gasteiger partial charge in [0.1, 0.15) is 88.0 Å². The number of rotatable bonds is 16. The number of likely N-dealkylation sites (tertiary alicyclic amines) is 3. The molecule has 6 N–H and O–H groups in total. The fourth-order valence-electron chi connectivity index (χ4n) is 13.0. The predicted octanol–water partition coefficient (Wildman–Crippen LogP) is 12.0. The number of amides is 3. The molecule has 103 heavy (non-hydrogen) atoms. The van der Waals surface area contributed by atoms with Crippen molar-refractivity contribution in [3.63, 3.8) is 0 Å². The first kappa shape index (κ1) is 68.7. The quantitative estimate of drug-likeness (QED) is 0.0598. The van der Waals surface area contributed by atoms with E-state index >= 15 is 0 Å². The predicted molar refractivity (Wildman–Crippen MR) is 396 cm³/mol. The molecule has 12 aromatic rings. The highest BCUT2D eigenvalue weighted by Crippen LogP contribution is 2.39. The third-order valence-electron chi connectivity index (χ3n) is 18.0. The van der Waals surface area contributed by atoms with E-state index in [9.17, 15) is 14.4 Å². The van der Waals surface area contributed by atoms with Gasteiger partial charge in [0.25, 0.3) is 5.91 Å². The zero-order chi connectivity index (χ0) is 71.3. The molecule has 0 radical (unpaired) electrons. The Kier molecular flexibility index (Phi) is 21.1. The number of aromatic nitrogens is 12. The summed E-state index contributed by atoms with van der Waals surface area (Å²) in [4.78, 5) is 70.5. The number of hydrogen-bond acceptors (Lipinski definition) is 19. The van der Waals surface area contributed by atoms with Gasteiger partial charge in [0.15, 0.2) is 16.9 Å². The van der Waals surface area contributed by atoms with Crippen molar-refractivity contribution in [2.75, 3.05) is 77.1 Å². The SMILES string of the molecule is C#CC(=O)N1CCCC(n2nc(-c3ccc(Oc4ccccc4)cc3)c3c(N)ncnc32)C1.C=CC(=O)N1CCC[C@@H](n2nc(-c3ccc(Oc4ccccc4)cc3)c3c(N)ncnc32)C1.CN(C)C/C=C/C(=O)N1CCC[C@@H](n2nc(-c3ccc(Oc4ccccc4)cc3)c3c(N)ncnc32)C1. The van der Waals surface area contributed by atoms with Crippen LogP contribution in [0.4, 0.5) is 17.5 Å². The number of hydrogen-bond donors (Lipinski definition) is 3. The van der Waals surface area contributed by atoms with Gasteiger partial charge in [-0.3, -0.25) is 14.4 Å². The molecule has 0 bridgehead atoms. The van der Waals surface area contributed by atoms with Gasteiger partial charge in [0.05, 0.1) is 34.3 Å². The minimum atomic E-state index is -0.306. The molecule has 6 aromatic carbocycles. The lowest BCUT2D eigenvalue weighted by Gasteiger charge is -2.32. The van der Waals surface area contributed by atoms with Crippen LogP contribution in [-0.4, -0.2) is 156 Å². The third kappa shape index (κ3) is 15.8. The van der Waals surface area contributed by atoms with Crippen molar-refractivity contribution in [3.05, 3.63) is 208 Å². The second kappa shape index (κ2) is 31.6. The number of carbonyl (C=O) groups is 3. The smallest absolute Gasteiger partial charge is 0.298 e. The number of piperidine rings is 3. The van der Waals surface area contributed by atoms with Gasteiger partial charge in [-0.1, -0.05) is 67.3 Å². The average molecular weight is 1380 g/mol. The first-order valence-corrected chi connectivity index (χ1v) is 34.0. The van der Waals surface area contributed by atoms with Gasteiger partial charge >= 0.3 is 0 Å². The highest BCUT2D eigenvalue weighted by atomic mass is 16.5. The molecule has 3 fully saturated rings. The zero-order valence-corrected chi connectivity index (χ0v) is 57.1. The Morgan fingerprint density at radius 1 is 0.476 bits per heavy atom. The van der Waals surface area contributed by atoms with Gasteiger partial charge in [-0.15, -0.1) is 6.42 Å². The maximum Gasteiger partial charge on any atom is 0.298 e. The van der Waals surface area contributed by atoms with E-state index in [1.54, 1.807) is 15.9 Å². The molecule has 520 valence electrons. The van der Waals surface area contributed by atoms with Crippen LogP contribution >= 0.6 is 0 Å². The summed E-state index contributed by atoms with van der Waals surface area (Å²) in [6, 6.07) is 51.9. The van der Waals surface area contributed by atoms with Crippen LogP contribution in [0.15, 0.2) is 208 Å². The summed E-state index contributed by atoms with van der Waals surface area (Å²) in [6.45, 7) is 8.02. The first-order valence-electron chi connectivity index (χ1n) is 34.0. The minimum Gasteiger partial charge on any atom is -0.457 e. The molecule has 1 unspecified atom stereocenters. The van der Waals surface area contributed by atoms with Crippen molar-refractivity contribution in [2.24, 2.45) is 0 Å². The lowest BCUT2D eigenvalue weighted by molar-refractivity contribution is -0.128. The molecule has 0 spiro atoms. The molecule has 3 atom stereocenters. The van der Waals surface area contributed by atoms with E-state index < -0.39 is 0 Å². The van der Waals surface area contributed by atoms with Gasteiger partial charge in [0, 0.05) is 68.6 Å². The number of nitrogens with zero attached hydrogens (tertiary/aromatic N) is 16. The van der Waals surface area contributed by atoms with Crippen molar-refractivity contribution < 1.29 is 28.6 Å². The van der Waals surface area contributed by atoms with Crippen LogP contribution in [0.3, 0.4) is 0 Å². The maximum absolute atomic E-state index is 12.8. The number of terminal acetylenes is 1. The Hall–Kier alpha value is -12.8. The number of para-hydroxylation sites is 3. The number of anilines is 3. The second-order valence-electron chi connectivity index (χ2n) is 25.3. The van der Waals surface area contributed by atoms with Gasteiger partial charge in [-0.2, -0.15) is 15.3 Å². The minimum absolute atomic E-state index is 0.00566. The molecule has 6 aromatic heterocycles. The summed E-state index contributed by atoms with van der Waals surface area (Å²) >= 11 is 0. The Morgan fingerprint density at radius 3 is 1.13 bits per heavy atom. The fraction of sp³-hybridized carbons (Fsp3) is 0.231. The highest BCUT2D eigenvalue weighted by Gasteiger charge is 2.32. The van der Waals surface area contributed by atoms with Crippen molar-refractivity contribution in [2.45, 2.75) is 56.7 Å². The Morgan fingerprint density at radius 2 is 0.796 bits per heavy atom. The monoisotopic (exact) mass is 1380 g/mol. The molecule has 3 amide bonds. The summed E-state index contributed by atoms with van der Waals surface area (Å²) in [6.07, 6.45) is 19.8. The third-order valence-corrected chi connectivity index (χ3v) is 18.0. The molecule has 25 heteroatoms. The molecule has 15 rings (SSSR count). The van der Waals surface area contributed by atoms with E-state index in [4.69, 9.17) is 53.1 Å². The van der Waals surface area contributed by atoms with Crippen molar-refractivity contribution in [3.8, 4) is 80.6 Å². The number of nitrogen functional groups attached to an aromatic ring is 3. The Bertz CT molecular complexity index is 5040. The van der Waals surface area contributed by atoms with Gasteiger partial charge < -0.3 is 51.0 Å². The summed E-state index contributed by atoms with van der Waals surface area (Å²) in [5, 5.41) is 16.9. The lowest BCUT2D eigenvalue weighted by atomic mass is 10.1. The molecule has 25 nitrogen and oxygen atoms in total. The van der Waals surface area contributed by atoms with E-state index in [2.05, 4.69) is 42.4 Å². The van der Waals surface area contributed by atoms with E-state index in [0.29, 0.717) is 106 Å². The van der Waals surface area contributed by atoms with E-state index in [-0.39, 0.29) is 35.8 Å². The lowest BCUT2D eigenvalue weighted by Crippen LogP contribution is -2.40. The molecular formula is C78H77N19O6. The average Bonchev–Trinajstić information content (AvgIpc) is 1.63. The number of nitrogens with two attached hydrogens (primary N) is 3. The largest absolute Gasteiger partial charge is 0.457 e. The van der Waals surface area contributed by atoms with Crippen LogP contribution in [-0.2, 0) is 14.4 Å². The fourth-order valence-corrected chi connectivity index (χ4v) is 13.0. The standard InChI is InChI=1S/C28H31N7O2.C25H24N6O2.C25H22N6O2/c1-33(2)16-7-11-24(36)34-17-6-8-21(18-34)35-28-25(27(29)30-19-31-28)26(32-35)20-12-14-23(15-13-20)37-22-9-4-3-5-10-22;2*1-2-21(32)30-14-6-7-18(15-30)31-25-22(24(26)27-16-28-25)23(29-31)17-10-12-20(13-11-17)33-19-8-4-3-5-9-19/h3-5,7,9-15,19,21H,6,8,16-18H2,1-2H3,(H2,29,30,31);2-5,8-13,16,18H,1,6-7,14-15H2,(H2,26,27,28);1,3-5,8-13,16,18H,6-7,14-15H2,(H2,26,27,28)/b11-7+;;/t21-;18-;/m11./s1. The van der Waals surface area contributed by atoms with Crippen molar-refractivity contribution in [1.82, 2.24) is 78.8 Å². The highest BCUT2D eigenvalue weighted by molar-refractivity contribution is 6.00. The molecule has 0 saturated carbocycles. The summed E-state index contributed by atoms with van der Waals surface area (Å²) < 4.78 is 23.4. The van der Waals surface area contributed by atoms with Crippen molar-refractivity contribution >= 4 is 68.3 Å². The van der Waals surface area contributed by atoms with Crippen LogP contribution < -0.4 is 31.4 Å². The summed E-state index contributed by atoms with van der Waals surface area (Å²) in [7, 11) is 3.95. The molecule has 3 saturated heterocycles. The number of fused-ring (bicyclic) bond motifs is 3. The topological polar surface area (TPSA) is 301 Å². The Balaban J connectivity index is 0.000000138. The van der Waals surface area contributed by atoms with Gasteiger partial charge in [0.2, 0.25) is 11.8 Å². The number of ether oxygens (including phenoxy) is 3. The molecule has 3 aliphatic rings. The summed E-state index contributed by atoms with van der Waals surface area (Å²) in [5.41, 5.74) is 25.6. The zero-order valence-electron chi connectivity index (χ0n) is 57.1. The number of likely N-dealkylation sites (N-methyl/N-ethyl adjacent to an activating group) is 1. The van der Waals surface area contributed by atoms with Crippen LogP contribution in [0.1, 0.15) is 56.7 Å². The van der Waals surface area contributed by atoms with E-state index in [1.165, 1.54) is 25.1 Å². The van der Waals surface area contributed by atoms with Crippen LogP contribution in [0.5, 0.6) is 34.5 Å². The number of carbonyl (C=O) groups excluding carboxylic acids is 3. The second-order valence-corrected chi connectivity index (χ2v) is 25.3. The van der Waals surface area contributed by atoms with Crippen LogP contribution in [0.25, 0.3) is 66.9 Å². The van der Waals surface area contributed by atoms with E-state index in [1.807, 2.05) is 208 Å². The Labute approximate surface area is 594 Å². The van der Waals surface area contributed by atoms with Crippen LogP contribution in [0.2, 0.25) is 0 Å². The summed E-state index contributed by atoms with van der Waals surface area (Å²) in [5.74, 6) is 7.45. The van der Waals surface area contributed by atoms with Gasteiger partial charge in [-0.25, -0.2) is 43.9 Å². The molecule has 0 aliphatic carbocycles. The molecular weight excluding hydrogens is 1300 g/mol. The van der Waals surface area contributed by atoms with Gasteiger partial charge in [-0.05, 0) is 174 Å². The normalized spacial score (nSPS) is 16.0. The maximum atomic E-state index is 12.8. The number of benzene rings is 6. The first-order chi connectivity index (χ1) is 50.3. The van der Waals surface area contributed by atoms with E-state index in [0.717, 1.165) is 97.1 Å².